The zero-order valence-electron chi connectivity index (χ0n) is 17.4. The van der Waals surface area contributed by atoms with E-state index in [0.717, 1.165) is 70.9 Å². The molecule has 0 fully saturated rings. The first-order valence-electron chi connectivity index (χ1n) is 10.5. The first kappa shape index (κ1) is 19.0. The van der Waals surface area contributed by atoms with E-state index in [2.05, 4.69) is 39.8 Å². The summed E-state index contributed by atoms with van der Waals surface area (Å²) in [5, 5.41) is 0. The molecule has 0 aliphatic carbocycles. The van der Waals surface area contributed by atoms with Crippen molar-refractivity contribution in [3.63, 3.8) is 0 Å². The van der Waals surface area contributed by atoms with Gasteiger partial charge in [0.1, 0.15) is 26.4 Å². The van der Waals surface area contributed by atoms with Gasteiger partial charge in [0.2, 0.25) is 0 Å². The van der Waals surface area contributed by atoms with E-state index in [1.54, 1.807) is 0 Å². The summed E-state index contributed by atoms with van der Waals surface area (Å²) in [6.45, 7) is 11.0. The number of hydrogen-bond donors (Lipinski definition) is 0. The van der Waals surface area contributed by atoms with Crippen LogP contribution in [0, 0.1) is 13.8 Å². The molecule has 0 amide bonds. The highest BCUT2D eigenvalue weighted by molar-refractivity contribution is 5.87. The standard InChI is InChI=1S/C24H30O4/c1-5-7-17-13-15(3)21-23(27-11-9-25-21)19(17)20-18(8-6-2)14-16(4)22-24(20)28-12-10-26-22/h13-14H,5-12H2,1-4H3. The molecule has 0 N–H and O–H groups in total. The molecule has 0 bridgehead atoms. The molecule has 2 aromatic carbocycles. The van der Waals surface area contributed by atoms with Crippen molar-refractivity contribution < 1.29 is 18.9 Å². The Labute approximate surface area is 167 Å². The molecular formula is C24H30O4. The second-order valence-electron chi connectivity index (χ2n) is 7.67. The summed E-state index contributed by atoms with van der Waals surface area (Å²) in [5.74, 6) is 3.48. The van der Waals surface area contributed by atoms with Crippen LogP contribution in [0.1, 0.15) is 48.9 Å². The summed E-state index contributed by atoms with van der Waals surface area (Å²) in [6.07, 6.45) is 4.12. The van der Waals surface area contributed by atoms with Gasteiger partial charge in [-0.2, -0.15) is 0 Å². The summed E-state index contributed by atoms with van der Waals surface area (Å²) >= 11 is 0. The maximum atomic E-state index is 6.21. The second kappa shape index (κ2) is 7.94. The van der Waals surface area contributed by atoms with Crippen LogP contribution in [0.4, 0.5) is 0 Å². The van der Waals surface area contributed by atoms with Crippen LogP contribution >= 0.6 is 0 Å². The smallest absolute Gasteiger partial charge is 0.169 e. The topological polar surface area (TPSA) is 36.9 Å². The number of hydrogen-bond acceptors (Lipinski definition) is 4. The molecule has 4 rings (SSSR count). The van der Waals surface area contributed by atoms with Crippen molar-refractivity contribution in [1.29, 1.82) is 0 Å². The van der Waals surface area contributed by atoms with Gasteiger partial charge in [-0.15, -0.1) is 0 Å². The molecule has 2 heterocycles. The van der Waals surface area contributed by atoms with E-state index >= 15 is 0 Å². The summed E-state index contributed by atoms with van der Waals surface area (Å²) < 4.78 is 24.5. The highest BCUT2D eigenvalue weighted by Gasteiger charge is 2.30. The normalized spacial score (nSPS) is 14.9. The van der Waals surface area contributed by atoms with Gasteiger partial charge in [0.05, 0.1) is 0 Å². The fourth-order valence-electron chi connectivity index (χ4n) is 4.37. The van der Waals surface area contributed by atoms with Gasteiger partial charge >= 0.3 is 0 Å². The molecule has 0 saturated heterocycles. The molecule has 0 aromatic heterocycles. The van der Waals surface area contributed by atoms with E-state index in [1.807, 2.05) is 0 Å². The van der Waals surface area contributed by atoms with E-state index in [-0.39, 0.29) is 0 Å². The van der Waals surface area contributed by atoms with Crippen LogP contribution in [0.15, 0.2) is 12.1 Å². The molecular weight excluding hydrogens is 352 g/mol. The molecule has 4 heteroatoms. The zero-order valence-corrected chi connectivity index (χ0v) is 17.4. The SMILES string of the molecule is CCCc1cc(C)c2c(c1-c1c(CCC)cc(C)c3c1OCCO3)OCCO2. The van der Waals surface area contributed by atoms with Gasteiger partial charge in [0.15, 0.2) is 23.0 Å². The Bertz CT molecular complexity index is 812. The van der Waals surface area contributed by atoms with Gasteiger partial charge in [-0.3, -0.25) is 0 Å². The third kappa shape index (κ3) is 3.19. The third-order valence-electron chi connectivity index (χ3n) is 5.45. The first-order valence-corrected chi connectivity index (χ1v) is 10.5. The van der Waals surface area contributed by atoms with E-state index in [0.29, 0.717) is 26.4 Å². The van der Waals surface area contributed by atoms with Crippen LogP contribution in [0.3, 0.4) is 0 Å². The Hall–Kier alpha value is -2.36. The van der Waals surface area contributed by atoms with Crippen molar-refractivity contribution in [3.8, 4) is 34.1 Å². The molecule has 150 valence electrons. The lowest BCUT2D eigenvalue weighted by Gasteiger charge is -2.29. The van der Waals surface area contributed by atoms with Crippen LogP contribution in [0.2, 0.25) is 0 Å². The number of aryl methyl sites for hydroxylation is 4. The number of rotatable bonds is 5. The molecule has 4 nitrogen and oxygen atoms in total. The van der Waals surface area contributed by atoms with Crippen molar-refractivity contribution >= 4 is 0 Å². The Balaban J connectivity index is 2.06. The fraction of sp³-hybridized carbons (Fsp3) is 0.500. The first-order chi connectivity index (χ1) is 13.7. The average molecular weight is 383 g/mol. The summed E-state index contributed by atoms with van der Waals surface area (Å²) in [4.78, 5) is 0. The maximum absolute atomic E-state index is 6.21. The quantitative estimate of drug-likeness (QED) is 0.692. The maximum Gasteiger partial charge on any atom is 0.169 e. The Morgan fingerprint density at radius 2 is 0.964 bits per heavy atom. The number of benzene rings is 2. The van der Waals surface area contributed by atoms with Crippen molar-refractivity contribution in [2.45, 2.75) is 53.4 Å². The lowest BCUT2D eigenvalue weighted by atomic mass is 9.87. The molecule has 2 aliphatic rings. The predicted molar refractivity (Wildman–Crippen MR) is 111 cm³/mol. The molecule has 0 saturated carbocycles. The average Bonchev–Trinajstić information content (AvgIpc) is 2.70. The van der Waals surface area contributed by atoms with Crippen molar-refractivity contribution in [2.75, 3.05) is 26.4 Å². The highest BCUT2D eigenvalue weighted by Crippen LogP contribution is 2.52. The molecule has 28 heavy (non-hydrogen) atoms. The van der Waals surface area contributed by atoms with Crippen LogP contribution in [-0.2, 0) is 12.8 Å². The van der Waals surface area contributed by atoms with Crippen molar-refractivity contribution in [2.24, 2.45) is 0 Å². The lowest BCUT2D eigenvalue weighted by molar-refractivity contribution is 0.168. The molecule has 0 unspecified atom stereocenters. The number of ether oxygens (including phenoxy) is 4. The van der Waals surface area contributed by atoms with Gasteiger partial charge in [0.25, 0.3) is 0 Å². The molecule has 0 radical (unpaired) electrons. The lowest BCUT2D eigenvalue weighted by Crippen LogP contribution is -2.20. The van der Waals surface area contributed by atoms with Gasteiger partial charge in [-0.1, -0.05) is 38.8 Å². The van der Waals surface area contributed by atoms with Gasteiger partial charge in [-0.25, -0.2) is 0 Å². The zero-order chi connectivity index (χ0) is 19.7. The van der Waals surface area contributed by atoms with E-state index < -0.39 is 0 Å². The van der Waals surface area contributed by atoms with Crippen LogP contribution in [-0.4, -0.2) is 26.4 Å². The summed E-state index contributed by atoms with van der Waals surface area (Å²) in [6, 6.07) is 4.52. The molecule has 0 atom stereocenters. The molecule has 2 aliphatic heterocycles. The minimum Gasteiger partial charge on any atom is -0.486 e. The summed E-state index contributed by atoms with van der Waals surface area (Å²) in [5.41, 5.74) is 7.12. The minimum atomic E-state index is 0.573. The van der Waals surface area contributed by atoms with E-state index in [4.69, 9.17) is 18.9 Å². The highest BCUT2D eigenvalue weighted by atomic mass is 16.6. The fourth-order valence-corrected chi connectivity index (χ4v) is 4.37. The third-order valence-corrected chi connectivity index (χ3v) is 5.45. The predicted octanol–water partition coefficient (Wildman–Crippen LogP) is 5.42. The van der Waals surface area contributed by atoms with Gasteiger partial charge < -0.3 is 18.9 Å². The number of fused-ring (bicyclic) bond motifs is 2. The van der Waals surface area contributed by atoms with Crippen LogP contribution in [0.5, 0.6) is 23.0 Å². The Morgan fingerprint density at radius 3 is 1.32 bits per heavy atom. The Morgan fingerprint density at radius 1 is 0.607 bits per heavy atom. The van der Waals surface area contributed by atoms with Crippen molar-refractivity contribution in [1.82, 2.24) is 0 Å². The minimum absolute atomic E-state index is 0.573. The molecule has 2 aromatic rings. The van der Waals surface area contributed by atoms with E-state index in [1.165, 1.54) is 11.1 Å². The largest absolute Gasteiger partial charge is 0.486 e. The molecule has 0 spiro atoms. The monoisotopic (exact) mass is 382 g/mol. The van der Waals surface area contributed by atoms with Crippen molar-refractivity contribution in [3.05, 3.63) is 34.4 Å². The van der Waals surface area contributed by atoms with E-state index in [9.17, 15) is 0 Å². The summed E-state index contributed by atoms with van der Waals surface area (Å²) in [7, 11) is 0. The van der Waals surface area contributed by atoms with Gasteiger partial charge in [0, 0.05) is 11.1 Å². The van der Waals surface area contributed by atoms with Gasteiger partial charge in [-0.05, 0) is 48.9 Å². The second-order valence-corrected chi connectivity index (χ2v) is 7.67. The van der Waals surface area contributed by atoms with Crippen LogP contribution < -0.4 is 18.9 Å². The van der Waals surface area contributed by atoms with Crippen LogP contribution in [0.25, 0.3) is 11.1 Å². The Kier molecular flexibility index (Phi) is 5.38.